The molecule has 2 aromatic rings. The summed E-state index contributed by atoms with van der Waals surface area (Å²) in [6.45, 7) is 1.82. The van der Waals surface area contributed by atoms with Crippen LogP contribution in [0.5, 0.6) is 5.75 Å². The first-order valence-corrected chi connectivity index (χ1v) is 13.8. The molecule has 1 aliphatic carbocycles. The Bertz CT molecular complexity index is 1270. The number of likely N-dealkylation sites (tertiary alicyclic amines) is 1. The standard InChI is InChI=1S/C29H35FN4O7/c1-3-41-28(36)22-16-24(27(35)31-17-18-9-12-20(30)13-10-18)33(29(37)32-21-7-5-4-6-8-21)26(22)19-11-14-25(40-2)23(15-19)34(38)39/h9-15,21-22,24,26H,3-8,16-17H2,1-2H3,(H,31,35)(H,32,37). The van der Waals surface area contributed by atoms with Gasteiger partial charge in [-0.2, -0.15) is 0 Å². The molecule has 1 saturated heterocycles. The zero-order valence-electron chi connectivity index (χ0n) is 23.1. The summed E-state index contributed by atoms with van der Waals surface area (Å²) in [7, 11) is 1.31. The van der Waals surface area contributed by atoms with Crippen molar-refractivity contribution >= 4 is 23.6 Å². The van der Waals surface area contributed by atoms with Crippen molar-refractivity contribution < 1.29 is 33.2 Å². The van der Waals surface area contributed by atoms with Crippen molar-refractivity contribution in [3.8, 4) is 5.75 Å². The molecule has 0 radical (unpaired) electrons. The number of nitro groups is 1. The number of ether oxygens (including phenoxy) is 2. The van der Waals surface area contributed by atoms with Crippen LogP contribution in [0.1, 0.15) is 62.6 Å². The summed E-state index contributed by atoms with van der Waals surface area (Å²) in [6, 6.07) is 7.18. The van der Waals surface area contributed by atoms with Crippen LogP contribution in [0, 0.1) is 21.8 Å². The molecule has 4 rings (SSSR count). The Balaban J connectivity index is 1.71. The van der Waals surface area contributed by atoms with Gasteiger partial charge in [0, 0.05) is 18.7 Å². The quantitative estimate of drug-likeness (QED) is 0.259. The molecule has 0 aromatic heterocycles. The maximum absolute atomic E-state index is 13.9. The molecule has 2 aliphatic rings. The Morgan fingerprint density at radius 1 is 1.10 bits per heavy atom. The van der Waals surface area contributed by atoms with E-state index >= 15 is 0 Å². The maximum Gasteiger partial charge on any atom is 0.318 e. The minimum absolute atomic E-state index is 0.0243. The number of carbonyl (C=O) groups is 3. The smallest absolute Gasteiger partial charge is 0.318 e. The summed E-state index contributed by atoms with van der Waals surface area (Å²) in [4.78, 5) is 53.2. The third-order valence-electron chi connectivity index (χ3n) is 7.67. The average Bonchev–Trinajstić information content (AvgIpc) is 3.38. The van der Waals surface area contributed by atoms with Gasteiger partial charge in [0.15, 0.2) is 5.75 Å². The summed E-state index contributed by atoms with van der Waals surface area (Å²) in [5.41, 5.74) is 0.632. The molecule has 0 spiro atoms. The molecular formula is C29H35FN4O7. The highest BCUT2D eigenvalue weighted by Crippen LogP contribution is 2.44. The Morgan fingerprint density at radius 3 is 2.44 bits per heavy atom. The highest BCUT2D eigenvalue weighted by atomic mass is 19.1. The molecule has 2 aromatic carbocycles. The number of amides is 3. The van der Waals surface area contributed by atoms with E-state index in [4.69, 9.17) is 9.47 Å². The highest BCUT2D eigenvalue weighted by molar-refractivity contribution is 5.90. The van der Waals surface area contributed by atoms with E-state index < -0.39 is 46.6 Å². The Labute approximate surface area is 237 Å². The van der Waals surface area contributed by atoms with Crippen LogP contribution in [-0.2, 0) is 20.9 Å². The second kappa shape index (κ2) is 13.4. The highest BCUT2D eigenvalue weighted by Gasteiger charge is 2.51. The molecule has 2 fully saturated rings. The zero-order valence-corrected chi connectivity index (χ0v) is 23.1. The molecular weight excluding hydrogens is 535 g/mol. The largest absolute Gasteiger partial charge is 0.490 e. The lowest BCUT2D eigenvalue weighted by Crippen LogP contribution is -2.52. The van der Waals surface area contributed by atoms with Crippen LogP contribution in [0.15, 0.2) is 42.5 Å². The van der Waals surface area contributed by atoms with E-state index in [1.54, 1.807) is 25.1 Å². The number of carbonyl (C=O) groups excluding carboxylic acids is 3. The first kappa shape index (κ1) is 29.8. The molecule has 3 amide bonds. The molecule has 220 valence electrons. The van der Waals surface area contributed by atoms with Gasteiger partial charge in [0.05, 0.1) is 30.6 Å². The van der Waals surface area contributed by atoms with Gasteiger partial charge in [-0.05, 0) is 55.5 Å². The SMILES string of the molecule is CCOC(=O)C1CC(C(=O)NCc2ccc(F)cc2)N(C(=O)NC2CCCCC2)C1c1ccc(OC)c([N+](=O)[O-])c1. The lowest BCUT2D eigenvalue weighted by atomic mass is 9.92. The fraction of sp³-hybridized carbons (Fsp3) is 0.483. The average molecular weight is 571 g/mol. The van der Waals surface area contributed by atoms with Crippen molar-refractivity contribution in [1.29, 1.82) is 0 Å². The number of rotatable bonds is 9. The van der Waals surface area contributed by atoms with Gasteiger partial charge >= 0.3 is 17.7 Å². The normalized spacial score (nSPS) is 20.8. The molecule has 0 bridgehead atoms. The third kappa shape index (κ3) is 6.93. The minimum atomic E-state index is -1.07. The maximum atomic E-state index is 13.9. The van der Waals surface area contributed by atoms with Crippen molar-refractivity contribution in [2.75, 3.05) is 13.7 Å². The number of benzene rings is 2. The number of methoxy groups -OCH3 is 1. The van der Waals surface area contributed by atoms with E-state index in [-0.39, 0.29) is 37.1 Å². The molecule has 2 N–H and O–H groups in total. The molecule has 11 nitrogen and oxygen atoms in total. The summed E-state index contributed by atoms with van der Waals surface area (Å²) < 4.78 is 23.8. The number of hydrogen-bond acceptors (Lipinski definition) is 7. The fourth-order valence-corrected chi connectivity index (χ4v) is 5.68. The van der Waals surface area contributed by atoms with Gasteiger partial charge in [0.25, 0.3) is 0 Å². The summed E-state index contributed by atoms with van der Waals surface area (Å²) in [6.07, 6.45) is 4.55. The van der Waals surface area contributed by atoms with Crippen LogP contribution in [0.2, 0.25) is 0 Å². The number of nitro benzene ring substituents is 1. The van der Waals surface area contributed by atoms with E-state index in [9.17, 15) is 28.9 Å². The molecule has 12 heteroatoms. The van der Waals surface area contributed by atoms with E-state index in [2.05, 4.69) is 10.6 Å². The van der Waals surface area contributed by atoms with Gasteiger partial charge in [-0.3, -0.25) is 19.7 Å². The number of halogens is 1. The van der Waals surface area contributed by atoms with Crippen molar-refractivity contribution in [3.63, 3.8) is 0 Å². The Kier molecular flexibility index (Phi) is 9.74. The minimum Gasteiger partial charge on any atom is -0.490 e. The predicted octanol–water partition coefficient (Wildman–Crippen LogP) is 4.40. The first-order valence-electron chi connectivity index (χ1n) is 13.8. The molecule has 41 heavy (non-hydrogen) atoms. The molecule has 3 atom stereocenters. The lowest BCUT2D eigenvalue weighted by Gasteiger charge is -2.33. The molecule has 1 saturated carbocycles. The van der Waals surface area contributed by atoms with Crippen molar-refractivity contribution in [3.05, 3.63) is 69.5 Å². The van der Waals surface area contributed by atoms with E-state index in [1.807, 2.05) is 0 Å². The Morgan fingerprint density at radius 2 is 1.80 bits per heavy atom. The number of nitrogens with one attached hydrogen (secondary N) is 2. The van der Waals surface area contributed by atoms with Crippen LogP contribution >= 0.6 is 0 Å². The first-order chi connectivity index (χ1) is 19.7. The van der Waals surface area contributed by atoms with Crippen LogP contribution in [0.4, 0.5) is 14.9 Å². The second-order valence-corrected chi connectivity index (χ2v) is 10.3. The summed E-state index contributed by atoms with van der Waals surface area (Å²) >= 11 is 0. The number of nitrogens with zero attached hydrogens (tertiary/aromatic N) is 2. The van der Waals surface area contributed by atoms with E-state index in [0.717, 1.165) is 32.1 Å². The fourth-order valence-electron chi connectivity index (χ4n) is 5.68. The van der Waals surface area contributed by atoms with Gasteiger partial charge in [0.1, 0.15) is 11.9 Å². The van der Waals surface area contributed by atoms with Crippen LogP contribution in [-0.4, -0.2) is 53.5 Å². The van der Waals surface area contributed by atoms with Crippen molar-refractivity contribution in [2.24, 2.45) is 5.92 Å². The van der Waals surface area contributed by atoms with Crippen LogP contribution in [0.3, 0.4) is 0 Å². The van der Waals surface area contributed by atoms with Crippen molar-refractivity contribution in [1.82, 2.24) is 15.5 Å². The van der Waals surface area contributed by atoms with Gasteiger partial charge in [-0.15, -0.1) is 0 Å². The van der Waals surface area contributed by atoms with Gasteiger partial charge in [-0.1, -0.05) is 37.5 Å². The van der Waals surface area contributed by atoms with Gasteiger partial charge in [-0.25, -0.2) is 9.18 Å². The molecule has 1 aliphatic heterocycles. The van der Waals surface area contributed by atoms with Crippen LogP contribution in [0.25, 0.3) is 0 Å². The predicted molar refractivity (Wildman–Crippen MR) is 146 cm³/mol. The van der Waals surface area contributed by atoms with E-state index in [1.165, 1.54) is 36.3 Å². The number of urea groups is 1. The molecule has 3 unspecified atom stereocenters. The number of hydrogen-bond donors (Lipinski definition) is 2. The Hall–Kier alpha value is -4.22. The second-order valence-electron chi connectivity index (χ2n) is 10.3. The van der Waals surface area contributed by atoms with E-state index in [0.29, 0.717) is 11.1 Å². The monoisotopic (exact) mass is 570 g/mol. The van der Waals surface area contributed by atoms with Gasteiger partial charge in [0.2, 0.25) is 5.91 Å². The lowest BCUT2D eigenvalue weighted by molar-refractivity contribution is -0.385. The van der Waals surface area contributed by atoms with Crippen molar-refractivity contribution in [2.45, 2.75) is 70.1 Å². The van der Waals surface area contributed by atoms with Gasteiger partial charge < -0.3 is 25.0 Å². The topological polar surface area (TPSA) is 140 Å². The summed E-state index contributed by atoms with van der Waals surface area (Å²) in [5.74, 6) is -2.46. The molecule has 1 heterocycles. The third-order valence-corrected chi connectivity index (χ3v) is 7.67. The van der Waals surface area contributed by atoms with Crippen LogP contribution < -0.4 is 15.4 Å². The zero-order chi connectivity index (χ0) is 29.5. The number of esters is 1. The summed E-state index contributed by atoms with van der Waals surface area (Å²) in [5, 5.41) is 17.6.